The molecule has 0 unspecified atom stereocenters. The first-order chi connectivity index (χ1) is 5.15. The van der Waals surface area contributed by atoms with Crippen molar-refractivity contribution in [3.05, 3.63) is 26.4 Å². The number of hydrogen-bond donors (Lipinski definition) is 2. The molecule has 0 radical (unpaired) electrons. The van der Waals surface area contributed by atoms with Gasteiger partial charge in [0.25, 0.3) is 5.56 Å². The molecule has 1 aromatic rings. The summed E-state index contributed by atoms with van der Waals surface area (Å²) in [6, 6.07) is 0. The van der Waals surface area contributed by atoms with Gasteiger partial charge < -0.3 is 10.1 Å². The molecule has 0 bridgehead atoms. The fourth-order valence-corrected chi connectivity index (χ4v) is 0.813. The summed E-state index contributed by atoms with van der Waals surface area (Å²) in [4.78, 5) is 25.2. The molecule has 0 amide bonds. The topological polar surface area (TPSA) is 88.8 Å². The molecule has 0 saturated carbocycles. The zero-order valence-corrected chi connectivity index (χ0v) is 8.93. The van der Waals surface area contributed by atoms with Crippen molar-refractivity contribution in [3.8, 4) is 5.88 Å². The summed E-state index contributed by atoms with van der Waals surface area (Å²) >= 11 is 0. The quantitative estimate of drug-likeness (QED) is 0.426. The van der Waals surface area contributed by atoms with Crippen molar-refractivity contribution in [3.63, 3.8) is 0 Å². The molecule has 0 atom stereocenters. The van der Waals surface area contributed by atoms with Crippen LogP contribution in [0.5, 0.6) is 5.88 Å². The average molecular weight is 178 g/mol. The smallest absolute Gasteiger partial charge is 0.860 e. The molecule has 1 aromatic heterocycles. The Morgan fingerprint density at radius 1 is 1.33 bits per heavy atom. The number of rotatable bonds is 1. The maximum absolute atomic E-state index is 10.8. The van der Waals surface area contributed by atoms with E-state index in [1.165, 1.54) is 0 Å². The molecule has 0 aliphatic rings. The van der Waals surface area contributed by atoms with E-state index in [-0.39, 0.29) is 35.1 Å². The fraction of sp³-hybridized carbons (Fsp3) is 0.333. The largest absolute Gasteiger partial charge is 1.00 e. The van der Waals surface area contributed by atoms with Gasteiger partial charge in [0, 0.05) is 5.56 Å². The first-order valence-corrected chi connectivity index (χ1v) is 3.17. The van der Waals surface area contributed by atoms with Gasteiger partial charge in [0.05, 0.1) is 0 Å². The minimum absolute atomic E-state index is 0. The second kappa shape index (κ2) is 4.49. The molecule has 1 rings (SSSR count). The monoisotopic (exact) mass is 178 g/mol. The number of hydrogen-bond acceptors (Lipinski definition) is 3. The van der Waals surface area contributed by atoms with Crippen LogP contribution in [0.2, 0.25) is 0 Å². The summed E-state index contributed by atoms with van der Waals surface area (Å²) in [6.45, 7) is 1.67. The van der Waals surface area contributed by atoms with Crippen LogP contribution in [0.15, 0.2) is 9.59 Å². The van der Waals surface area contributed by atoms with Crippen molar-refractivity contribution < 1.29 is 34.7 Å². The molecule has 0 aliphatic carbocycles. The fourth-order valence-electron chi connectivity index (χ4n) is 0.813. The minimum Gasteiger partial charge on any atom is -0.860 e. The average Bonchev–Trinajstić information content (AvgIpc) is 1.85. The Bertz CT molecular complexity index is 368. The SMILES string of the molecule is CCc1c([O-])[nH]c(=O)[nH]c1=O.[Na+]. The van der Waals surface area contributed by atoms with Gasteiger partial charge in [-0.1, -0.05) is 6.92 Å². The van der Waals surface area contributed by atoms with Crippen molar-refractivity contribution in [2.75, 3.05) is 0 Å². The van der Waals surface area contributed by atoms with E-state index in [0.29, 0.717) is 6.42 Å². The van der Waals surface area contributed by atoms with E-state index in [0.717, 1.165) is 0 Å². The second-order valence-electron chi connectivity index (χ2n) is 2.07. The van der Waals surface area contributed by atoms with Crippen LogP contribution in [-0.4, -0.2) is 9.97 Å². The van der Waals surface area contributed by atoms with Gasteiger partial charge in [-0.3, -0.25) is 9.78 Å². The van der Waals surface area contributed by atoms with Gasteiger partial charge in [0.1, 0.15) is 0 Å². The Morgan fingerprint density at radius 2 is 1.92 bits per heavy atom. The van der Waals surface area contributed by atoms with Gasteiger partial charge in [-0.25, -0.2) is 4.79 Å². The van der Waals surface area contributed by atoms with Crippen LogP contribution in [-0.2, 0) is 6.42 Å². The van der Waals surface area contributed by atoms with Crippen LogP contribution < -0.4 is 45.9 Å². The minimum atomic E-state index is -0.753. The molecule has 0 saturated heterocycles. The summed E-state index contributed by atoms with van der Waals surface area (Å²) < 4.78 is 0. The first-order valence-electron chi connectivity index (χ1n) is 3.17. The second-order valence-corrected chi connectivity index (χ2v) is 2.07. The molecular formula is C6H7N2NaO3. The maximum Gasteiger partial charge on any atom is 1.00 e. The Kier molecular flexibility index (Phi) is 4.30. The first kappa shape index (κ1) is 11.5. The third-order valence-corrected chi connectivity index (χ3v) is 1.36. The molecule has 6 heteroatoms. The molecule has 60 valence electrons. The number of H-pyrrole nitrogens is 2. The Hall–Kier alpha value is -0.520. The third-order valence-electron chi connectivity index (χ3n) is 1.36. The summed E-state index contributed by atoms with van der Waals surface area (Å²) in [7, 11) is 0. The van der Waals surface area contributed by atoms with Crippen molar-refractivity contribution in [2.24, 2.45) is 0 Å². The Labute approximate surface area is 90.1 Å². The molecule has 0 spiro atoms. The molecule has 2 N–H and O–H groups in total. The summed E-state index contributed by atoms with van der Waals surface area (Å²) in [5.74, 6) is -0.596. The van der Waals surface area contributed by atoms with Crippen molar-refractivity contribution >= 4 is 0 Å². The molecular weight excluding hydrogens is 171 g/mol. The van der Waals surface area contributed by atoms with Crippen LogP contribution >= 0.6 is 0 Å². The molecule has 0 aliphatic heterocycles. The van der Waals surface area contributed by atoms with Gasteiger partial charge in [0.15, 0.2) is 0 Å². The van der Waals surface area contributed by atoms with E-state index < -0.39 is 17.1 Å². The predicted octanol–water partition coefficient (Wildman–Crippen LogP) is -4.30. The van der Waals surface area contributed by atoms with E-state index in [4.69, 9.17) is 0 Å². The van der Waals surface area contributed by atoms with E-state index >= 15 is 0 Å². The van der Waals surface area contributed by atoms with Crippen LogP contribution in [0.25, 0.3) is 0 Å². The number of aromatic nitrogens is 2. The van der Waals surface area contributed by atoms with E-state index in [1.54, 1.807) is 6.92 Å². The number of aromatic amines is 2. The van der Waals surface area contributed by atoms with Gasteiger partial charge in [-0.15, -0.1) is 0 Å². The van der Waals surface area contributed by atoms with Gasteiger partial charge in [-0.2, -0.15) is 0 Å². The van der Waals surface area contributed by atoms with Crippen LogP contribution in [0.4, 0.5) is 0 Å². The molecule has 0 fully saturated rings. The Balaban J connectivity index is 0.00000121. The van der Waals surface area contributed by atoms with Crippen molar-refractivity contribution in [1.29, 1.82) is 0 Å². The Morgan fingerprint density at radius 3 is 2.33 bits per heavy atom. The van der Waals surface area contributed by atoms with Crippen LogP contribution in [0, 0.1) is 0 Å². The number of nitrogens with one attached hydrogen (secondary N) is 2. The summed E-state index contributed by atoms with van der Waals surface area (Å²) in [5, 5.41) is 10.8. The maximum atomic E-state index is 10.8. The molecule has 1 heterocycles. The normalized spacial score (nSPS) is 9.08. The predicted molar refractivity (Wildman–Crippen MR) is 36.5 cm³/mol. The van der Waals surface area contributed by atoms with Gasteiger partial charge in [-0.05, 0) is 12.3 Å². The van der Waals surface area contributed by atoms with Gasteiger partial charge in [0.2, 0.25) is 0 Å². The van der Waals surface area contributed by atoms with Crippen LogP contribution in [0.3, 0.4) is 0 Å². The van der Waals surface area contributed by atoms with Crippen molar-refractivity contribution in [2.45, 2.75) is 13.3 Å². The molecule has 0 aromatic carbocycles. The zero-order chi connectivity index (χ0) is 8.43. The van der Waals surface area contributed by atoms with E-state index in [2.05, 4.69) is 0 Å². The molecule has 5 nitrogen and oxygen atoms in total. The van der Waals surface area contributed by atoms with Crippen LogP contribution in [0.1, 0.15) is 12.5 Å². The van der Waals surface area contributed by atoms with Crippen molar-refractivity contribution in [1.82, 2.24) is 9.97 Å². The third kappa shape index (κ3) is 2.23. The standard InChI is InChI=1S/C6H8N2O3.Na/c1-2-3-4(9)7-6(11)8-5(3)10;/h2H2,1H3,(H3,7,8,9,10,11);/q;+1/p-1. The van der Waals surface area contributed by atoms with Gasteiger partial charge >= 0.3 is 35.2 Å². The van der Waals surface area contributed by atoms with E-state index in [1.807, 2.05) is 9.97 Å². The molecule has 12 heavy (non-hydrogen) atoms. The van der Waals surface area contributed by atoms with E-state index in [9.17, 15) is 14.7 Å². The zero-order valence-electron chi connectivity index (χ0n) is 6.93. The summed E-state index contributed by atoms with van der Waals surface area (Å²) in [5.41, 5.74) is -1.26. The summed E-state index contributed by atoms with van der Waals surface area (Å²) in [6.07, 6.45) is 0.324.